The molecule has 0 bridgehead atoms. The van der Waals surface area contributed by atoms with Crippen molar-refractivity contribution in [1.82, 2.24) is 0 Å². The summed E-state index contributed by atoms with van der Waals surface area (Å²) in [4.78, 5) is 1.38. The van der Waals surface area contributed by atoms with E-state index < -0.39 is 0 Å². The van der Waals surface area contributed by atoms with Crippen molar-refractivity contribution in [2.75, 3.05) is 0 Å². The second kappa shape index (κ2) is 13.4. The van der Waals surface area contributed by atoms with Crippen molar-refractivity contribution in [2.45, 2.75) is 77.7 Å². The molecule has 0 saturated carbocycles. The summed E-state index contributed by atoms with van der Waals surface area (Å²) in [5.41, 5.74) is 7.43. The Morgan fingerprint density at radius 2 is 1.43 bits per heavy atom. The lowest BCUT2D eigenvalue weighted by molar-refractivity contribution is -0.211. The van der Waals surface area contributed by atoms with Gasteiger partial charge in [-0.1, -0.05) is 97.9 Å². The molecule has 1 saturated heterocycles. The largest absolute Gasteiger partial charge is 0.371 e. The molecule has 4 atom stereocenters. The van der Waals surface area contributed by atoms with Crippen molar-refractivity contribution >= 4 is 21.4 Å². The Morgan fingerprint density at radius 1 is 0.762 bits per heavy atom. The van der Waals surface area contributed by atoms with Crippen LogP contribution in [0, 0.1) is 13.8 Å². The molecule has 4 heteroatoms. The maximum atomic E-state index is 6.88. The molecular formula is C38H40O3S. The molecule has 4 aromatic carbocycles. The van der Waals surface area contributed by atoms with Crippen LogP contribution in [0.25, 0.3) is 10.1 Å². The maximum Gasteiger partial charge on any atom is 0.114 e. The third-order valence-electron chi connectivity index (χ3n) is 8.42. The smallest absolute Gasteiger partial charge is 0.114 e. The van der Waals surface area contributed by atoms with Crippen LogP contribution in [0.15, 0.2) is 103 Å². The molecule has 1 aromatic heterocycles. The van der Waals surface area contributed by atoms with Crippen molar-refractivity contribution in [1.29, 1.82) is 0 Å². The Hall–Kier alpha value is -3.28. The Labute approximate surface area is 254 Å². The molecule has 0 N–H and O–H groups in total. The molecule has 6 rings (SSSR count). The number of benzene rings is 4. The van der Waals surface area contributed by atoms with Gasteiger partial charge in [-0.15, -0.1) is 11.3 Å². The van der Waals surface area contributed by atoms with E-state index in [1.807, 2.05) is 23.5 Å². The van der Waals surface area contributed by atoms with E-state index >= 15 is 0 Å². The molecule has 3 nitrogen and oxygen atoms in total. The molecular weight excluding hydrogens is 536 g/mol. The summed E-state index contributed by atoms with van der Waals surface area (Å²) in [6.07, 6.45) is 2.26. The van der Waals surface area contributed by atoms with Gasteiger partial charge in [0, 0.05) is 22.4 Å². The first-order chi connectivity index (χ1) is 20.6. The number of aryl methyl sites for hydroxylation is 2. The van der Waals surface area contributed by atoms with E-state index in [9.17, 15) is 0 Å². The van der Waals surface area contributed by atoms with E-state index in [1.54, 1.807) is 0 Å². The number of hydrogen-bond donors (Lipinski definition) is 0. The maximum absolute atomic E-state index is 6.88. The van der Waals surface area contributed by atoms with Gasteiger partial charge in [-0.05, 0) is 71.2 Å². The first-order valence-corrected chi connectivity index (χ1v) is 15.9. The zero-order valence-electron chi connectivity index (χ0n) is 24.8. The zero-order chi connectivity index (χ0) is 28.9. The Morgan fingerprint density at radius 3 is 2.12 bits per heavy atom. The van der Waals surface area contributed by atoms with Gasteiger partial charge in [0.15, 0.2) is 0 Å². The summed E-state index contributed by atoms with van der Waals surface area (Å²) in [6, 6.07) is 36.5. The van der Waals surface area contributed by atoms with Crippen molar-refractivity contribution in [3.05, 3.63) is 141 Å². The van der Waals surface area contributed by atoms with Gasteiger partial charge in [-0.25, -0.2) is 0 Å². The first-order valence-electron chi connectivity index (χ1n) is 15.1. The quantitative estimate of drug-likeness (QED) is 0.166. The van der Waals surface area contributed by atoms with Crippen LogP contribution in [0.5, 0.6) is 0 Å². The lowest BCUT2D eigenvalue weighted by atomic mass is 9.87. The van der Waals surface area contributed by atoms with E-state index in [2.05, 4.69) is 112 Å². The highest BCUT2D eigenvalue weighted by atomic mass is 32.1. The topological polar surface area (TPSA) is 27.7 Å². The van der Waals surface area contributed by atoms with Crippen molar-refractivity contribution in [3.8, 4) is 0 Å². The fourth-order valence-corrected chi connectivity index (χ4v) is 7.16. The number of hydrogen-bond acceptors (Lipinski definition) is 4. The van der Waals surface area contributed by atoms with E-state index in [-0.39, 0.29) is 24.4 Å². The van der Waals surface area contributed by atoms with Gasteiger partial charge in [-0.3, -0.25) is 0 Å². The van der Waals surface area contributed by atoms with E-state index in [1.165, 1.54) is 42.8 Å². The fourth-order valence-electron chi connectivity index (χ4n) is 6.07. The summed E-state index contributed by atoms with van der Waals surface area (Å²) in [6.45, 7) is 7.72. The fraction of sp³-hybridized carbons (Fsp3) is 0.316. The Kier molecular flexibility index (Phi) is 9.16. The first kappa shape index (κ1) is 28.8. The van der Waals surface area contributed by atoms with Crippen molar-refractivity contribution in [2.24, 2.45) is 0 Å². The van der Waals surface area contributed by atoms with Gasteiger partial charge >= 0.3 is 0 Å². The molecule has 0 aliphatic carbocycles. The van der Waals surface area contributed by atoms with Crippen LogP contribution in [0.1, 0.15) is 64.1 Å². The van der Waals surface area contributed by atoms with Crippen LogP contribution in [-0.2, 0) is 33.8 Å². The SMILES string of the molecule is CC[C@@H]1C[C@H](OCc2ccccc2)[C@@H](OCc2ccccc2)[C@H](c2cc(Cc3cc4ccccc4s3)c(C)cc2C)O1. The molecule has 2 heterocycles. The van der Waals surface area contributed by atoms with Gasteiger partial charge in [0.05, 0.1) is 25.4 Å². The second-order valence-electron chi connectivity index (χ2n) is 11.5. The third-order valence-corrected chi connectivity index (χ3v) is 9.54. The number of ether oxygens (including phenoxy) is 3. The van der Waals surface area contributed by atoms with Gasteiger partial charge in [0.2, 0.25) is 0 Å². The van der Waals surface area contributed by atoms with E-state index in [0.717, 1.165) is 24.8 Å². The number of fused-ring (bicyclic) bond motifs is 1. The molecule has 1 fully saturated rings. The molecule has 0 unspecified atom stereocenters. The monoisotopic (exact) mass is 576 g/mol. The Balaban J connectivity index is 1.32. The van der Waals surface area contributed by atoms with Gasteiger partial charge in [-0.2, -0.15) is 0 Å². The molecule has 0 amide bonds. The highest BCUT2D eigenvalue weighted by Gasteiger charge is 2.41. The minimum Gasteiger partial charge on any atom is -0.371 e. The van der Waals surface area contributed by atoms with Crippen molar-refractivity contribution in [3.63, 3.8) is 0 Å². The van der Waals surface area contributed by atoms with Crippen molar-refractivity contribution < 1.29 is 14.2 Å². The van der Waals surface area contributed by atoms with E-state index in [4.69, 9.17) is 14.2 Å². The molecule has 1 aliphatic heterocycles. The predicted molar refractivity (Wildman–Crippen MR) is 173 cm³/mol. The Bertz CT molecular complexity index is 1560. The molecule has 0 radical (unpaired) electrons. The third kappa shape index (κ3) is 6.68. The molecule has 42 heavy (non-hydrogen) atoms. The van der Waals surface area contributed by atoms with Crippen LogP contribution in [0.4, 0.5) is 0 Å². The van der Waals surface area contributed by atoms with Gasteiger partial charge < -0.3 is 14.2 Å². The standard InChI is InChI=1S/C38H40O3S/c1-4-32-23-35(39-24-28-13-7-5-8-14-28)38(40-25-29-15-9-6-10-16-29)37(41-32)34-22-31(26(2)19-27(34)3)21-33-20-30-17-11-12-18-36(30)42-33/h5-20,22,32,35,37-38H,4,21,23-25H2,1-3H3/t32-,35+,37+,38-/m1/s1. The summed E-state index contributed by atoms with van der Waals surface area (Å²) in [7, 11) is 0. The summed E-state index contributed by atoms with van der Waals surface area (Å²) < 4.78 is 21.7. The summed E-state index contributed by atoms with van der Waals surface area (Å²) in [5, 5.41) is 1.32. The van der Waals surface area contributed by atoms with Crippen LogP contribution >= 0.6 is 11.3 Å². The van der Waals surface area contributed by atoms with Crippen LogP contribution in [0.2, 0.25) is 0 Å². The lowest BCUT2D eigenvalue weighted by Gasteiger charge is -2.42. The predicted octanol–water partition coefficient (Wildman–Crippen LogP) is 9.52. The minimum atomic E-state index is -0.227. The van der Waals surface area contributed by atoms with Crippen LogP contribution in [0.3, 0.4) is 0 Å². The summed E-state index contributed by atoms with van der Waals surface area (Å²) in [5.74, 6) is 0. The molecule has 216 valence electrons. The number of thiophene rings is 1. The van der Waals surface area contributed by atoms with Gasteiger partial charge in [0.25, 0.3) is 0 Å². The van der Waals surface area contributed by atoms with Gasteiger partial charge in [0.1, 0.15) is 12.2 Å². The highest BCUT2D eigenvalue weighted by Crippen LogP contribution is 2.40. The summed E-state index contributed by atoms with van der Waals surface area (Å²) >= 11 is 1.89. The van der Waals surface area contributed by atoms with Crippen LogP contribution < -0.4 is 0 Å². The van der Waals surface area contributed by atoms with E-state index in [0.29, 0.717) is 13.2 Å². The average Bonchev–Trinajstić information content (AvgIpc) is 3.44. The normalized spacial score (nSPS) is 20.6. The lowest BCUT2D eigenvalue weighted by Crippen LogP contribution is -2.46. The van der Waals surface area contributed by atoms with Crippen LogP contribution in [-0.4, -0.2) is 18.3 Å². The molecule has 1 aliphatic rings. The average molecular weight is 577 g/mol. The second-order valence-corrected chi connectivity index (χ2v) is 12.6. The number of rotatable bonds is 10. The molecule has 5 aromatic rings. The molecule has 0 spiro atoms. The zero-order valence-corrected chi connectivity index (χ0v) is 25.6. The minimum absolute atomic E-state index is 0.0793. The highest BCUT2D eigenvalue weighted by molar-refractivity contribution is 7.19.